The summed E-state index contributed by atoms with van der Waals surface area (Å²) in [6.07, 6.45) is 1.48. The maximum Gasteiger partial charge on any atom is 0.276 e. The van der Waals surface area contributed by atoms with Crippen molar-refractivity contribution in [3.05, 3.63) is 66.2 Å². The van der Waals surface area contributed by atoms with Gasteiger partial charge in [-0.05, 0) is 24.3 Å². The van der Waals surface area contributed by atoms with Crippen LogP contribution in [0.2, 0.25) is 0 Å². The van der Waals surface area contributed by atoms with Gasteiger partial charge in [0.2, 0.25) is 10.0 Å². The number of methoxy groups -OCH3 is 2. The van der Waals surface area contributed by atoms with Crippen molar-refractivity contribution in [2.45, 2.75) is 11.4 Å². The molecule has 0 aliphatic carbocycles. The number of carbonyl (C=O) groups is 1. The highest BCUT2D eigenvalue weighted by atomic mass is 32.2. The van der Waals surface area contributed by atoms with E-state index in [1.54, 1.807) is 60.2 Å². The van der Waals surface area contributed by atoms with E-state index in [9.17, 15) is 13.2 Å². The molecule has 0 bridgehead atoms. The van der Waals surface area contributed by atoms with E-state index in [4.69, 9.17) is 9.47 Å². The molecule has 0 saturated carbocycles. The lowest BCUT2D eigenvalue weighted by molar-refractivity contribution is 0.102. The van der Waals surface area contributed by atoms with Crippen molar-refractivity contribution in [2.75, 3.05) is 32.7 Å². The average molecular weight is 442 g/mol. The van der Waals surface area contributed by atoms with Crippen LogP contribution in [0.3, 0.4) is 0 Å². The van der Waals surface area contributed by atoms with Crippen LogP contribution in [-0.4, -0.2) is 55.6 Å². The lowest BCUT2D eigenvalue weighted by Gasteiger charge is -2.20. The van der Waals surface area contributed by atoms with Gasteiger partial charge >= 0.3 is 0 Å². The fraction of sp³-hybridized carbons (Fsp3) is 0.238. The molecule has 0 saturated heterocycles. The number of rotatable bonds is 6. The Hall–Kier alpha value is -3.21. The minimum absolute atomic E-state index is 0.0127. The molecule has 3 aromatic rings. The summed E-state index contributed by atoms with van der Waals surface area (Å²) in [5, 5.41) is 2.80. The number of nitrogens with zero attached hydrogens (tertiary/aromatic N) is 3. The van der Waals surface area contributed by atoms with Gasteiger partial charge in [0.25, 0.3) is 5.91 Å². The van der Waals surface area contributed by atoms with Gasteiger partial charge in [0.15, 0.2) is 5.69 Å². The minimum Gasteiger partial charge on any atom is -0.497 e. The molecule has 0 radical (unpaired) electrons. The van der Waals surface area contributed by atoms with Gasteiger partial charge in [-0.2, -0.15) is 4.31 Å². The zero-order valence-electron chi connectivity index (χ0n) is 17.1. The Bertz CT molecular complexity index is 1220. The highest BCUT2D eigenvalue weighted by Gasteiger charge is 2.34. The zero-order valence-corrected chi connectivity index (χ0v) is 17.9. The van der Waals surface area contributed by atoms with Crippen LogP contribution in [-0.2, 0) is 21.3 Å². The van der Waals surface area contributed by atoms with Crippen LogP contribution < -0.4 is 10.1 Å². The lowest BCUT2D eigenvalue weighted by atomic mass is 10.2. The second kappa shape index (κ2) is 8.50. The summed E-state index contributed by atoms with van der Waals surface area (Å²) in [5.74, 6) is 0.165. The number of para-hydroxylation sites is 1. The number of nitrogens with one attached hydrogen (secondary N) is 1. The lowest BCUT2D eigenvalue weighted by Crippen LogP contribution is -2.33. The predicted octanol–water partition coefficient (Wildman–Crippen LogP) is 2.28. The van der Waals surface area contributed by atoms with Crippen molar-refractivity contribution < 1.29 is 22.7 Å². The fourth-order valence-electron chi connectivity index (χ4n) is 3.47. The Labute approximate surface area is 180 Å². The number of benzene rings is 2. The molecular weight excluding hydrogens is 420 g/mol. The standard InChI is InChI=1S/C21H22N4O5S/c1-29-11-10-24-13-18-20(21(26)23-15-6-5-7-16(12-15)30-2)22-14-25(18)17-8-3-4-9-19(17)31(24,27)28/h3-9,12,14H,10-11,13H2,1-2H3,(H,23,26). The average Bonchev–Trinajstić information content (AvgIpc) is 3.16. The molecule has 31 heavy (non-hydrogen) atoms. The molecule has 162 valence electrons. The molecular formula is C21H22N4O5S. The van der Waals surface area contributed by atoms with Crippen LogP contribution in [0.4, 0.5) is 5.69 Å². The molecule has 10 heteroatoms. The highest BCUT2D eigenvalue weighted by molar-refractivity contribution is 7.89. The Kier molecular flexibility index (Phi) is 5.77. The number of hydrogen-bond donors (Lipinski definition) is 1. The predicted molar refractivity (Wildman–Crippen MR) is 114 cm³/mol. The summed E-state index contributed by atoms with van der Waals surface area (Å²) in [7, 11) is -0.729. The second-order valence-electron chi connectivity index (χ2n) is 6.90. The van der Waals surface area contributed by atoms with Crippen LogP contribution in [0.1, 0.15) is 16.2 Å². The molecule has 1 aliphatic rings. The first-order chi connectivity index (χ1) is 15.0. The summed E-state index contributed by atoms with van der Waals surface area (Å²) < 4.78 is 39.8. The first kappa shape index (κ1) is 21.0. The van der Waals surface area contributed by atoms with E-state index in [-0.39, 0.29) is 30.3 Å². The van der Waals surface area contributed by atoms with Crippen molar-refractivity contribution >= 4 is 21.6 Å². The number of anilines is 1. The van der Waals surface area contributed by atoms with Crippen molar-refractivity contribution in [3.63, 3.8) is 0 Å². The summed E-state index contributed by atoms with van der Waals surface area (Å²) in [6.45, 7) is 0.359. The SMILES string of the molecule is COCCN1Cc2c(C(=O)Nc3cccc(OC)c3)ncn2-c2ccccc2S1(=O)=O. The number of imidazole rings is 1. The number of sulfonamides is 1. The van der Waals surface area contributed by atoms with Gasteiger partial charge in [0, 0.05) is 25.4 Å². The van der Waals surface area contributed by atoms with Gasteiger partial charge in [-0.3, -0.25) is 9.36 Å². The molecule has 1 amide bonds. The highest BCUT2D eigenvalue weighted by Crippen LogP contribution is 2.31. The molecule has 2 aromatic carbocycles. The van der Waals surface area contributed by atoms with Gasteiger partial charge in [-0.15, -0.1) is 0 Å². The Morgan fingerprint density at radius 2 is 1.97 bits per heavy atom. The molecule has 0 atom stereocenters. The van der Waals surface area contributed by atoms with Crippen LogP contribution in [0.5, 0.6) is 5.75 Å². The number of hydrogen-bond acceptors (Lipinski definition) is 6. The minimum atomic E-state index is -3.78. The molecule has 0 unspecified atom stereocenters. The monoisotopic (exact) mass is 442 g/mol. The molecule has 2 heterocycles. The molecule has 0 spiro atoms. The molecule has 4 rings (SSSR count). The van der Waals surface area contributed by atoms with Crippen molar-refractivity contribution in [1.29, 1.82) is 0 Å². The first-order valence-corrected chi connectivity index (χ1v) is 11.0. The van der Waals surface area contributed by atoms with Crippen LogP contribution in [0, 0.1) is 0 Å². The van der Waals surface area contributed by atoms with Crippen LogP contribution in [0.25, 0.3) is 5.69 Å². The summed E-state index contributed by atoms with van der Waals surface area (Å²) in [5.41, 5.74) is 1.62. The Balaban J connectivity index is 1.76. The van der Waals surface area contributed by atoms with Gasteiger partial charge in [0.1, 0.15) is 17.0 Å². The maximum absolute atomic E-state index is 13.3. The van der Waals surface area contributed by atoms with Crippen LogP contribution >= 0.6 is 0 Å². The van der Waals surface area contributed by atoms with Gasteiger partial charge in [0.05, 0.1) is 31.6 Å². The third-order valence-electron chi connectivity index (χ3n) is 5.02. The molecule has 1 aliphatic heterocycles. The number of carbonyl (C=O) groups excluding carboxylic acids is 1. The van der Waals surface area contributed by atoms with E-state index in [0.29, 0.717) is 22.8 Å². The fourth-order valence-corrected chi connectivity index (χ4v) is 5.04. The van der Waals surface area contributed by atoms with Crippen molar-refractivity contribution in [2.24, 2.45) is 0 Å². The molecule has 1 N–H and O–H groups in total. The van der Waals surface area contributed by atoms with E-state index in [0.717, 1.165) is 0 Å². The van der Waals surface area contributed by atoms with Crippen molar-refractivity contribution in [3.8, 4) is 11.4 Å². The topological polar surface area (TPSA) is 103 Å². The quantitative estimate of drug-likeness (QED) is 0.628. The summed E-state index contributed by atoms with van der Waals surface area (Å²) in [4.78, 5) is 17.5. The zero-order chi connectivity index (χ0) is 22.0. The molecule has 0 fully saturated rings. The maximum atomic E-state index is 13.3. The van der Waals surface area contributed by atoms with Crippen LogP contribution in [0.15, 0.2) is 59.8 Å². The number of fused-ring (bicyclic) bond motifs is 3. The van der Waals surface area contributed by atoms with E-state index in [1.807, 2.05) is 0 Å². The number of amides is 1. The molecule has 1 aromatic heterocycles. The van der Waals surface area contributed by atoms with E-state index >= 15 is 0 Å². The van der Waals surface area contributed by atoms with E-state index in [2.05, 4.69) is 10.3 Å². The van der Waals surface area contributed by atoms with Gasteiger partial charge < -0.3 is 14.8 Å². The third kappa shape index (κ3) is 3.92. The smallest absolute Gasteiger partial charge is 0.276 e. The summed E-state index contributed by atoms with van der Waals surface area (Å²) >= 11 is 0. The second-order valence-corrected chi connectivity index (χ2v) is 8.80. The first-order valence-electron chi connectivity index (χ1n) is 9.56. The third-order valence-corrected chi connectivity index (χ3v) is 6.92. The van der Waals surface area contributed by atoms with E-state index in [1.165, 1.54) is 17.7 Å². The number of aromatic nitrogens is 2. The van der Waals surface area contributed by atoms with Crippen molar-refractivity contribution in [1.82, 2.24) is 13.9 Å². The Morgan fingerprint density at radius 3 is 2.74 bits per heavy atom. The molecule has 9 nitrogen and oxygen atoms in total. The summed E-state index contributed by atoms with van der Waals surface area (Å²) in [6, 6.07) is 13.6. The van der Waals surface area contributed by atoms with E-state index < -0.39 is 15.9 Å². The number of ether oxygens (including phenoxy) is 2. The van der Waals surface area contributed by atoms with Gasteiger partial charge in [-0.25, -0.2) is 13.4 Å². The normalized spacial score (nSPS) is 14.9. The Morgan fingerprint density at radius 1 is 1.16 bits per heavy atom. The largest absolute Gasteiger partial charge is 0.497 e. The van der Waals surface area contributed by atoms with Gasteiger partial charge in [-0.1, -0.05) is 18.2 Å².